The number of hydrogen-bond donors (Lipinski definition) is 0. The van der Waals surface area contributed by atoms with E-state index in [0.717, 1.165) is 31.5 Å². The number of hydrogen-bond acceptors (Lipinski definition) is 1. The van der Waals surface area contributed by atoms with Crippen molar-refractivity contribution in [1.29, 1.82) is 0 Å². The lowest BCUT2D eigenvalue weighted by Gasteiger charge is -2.16. The summed E-state index contributed by atoms with van der Waals surface area (Å²) >= 11 is 0. The summed E-state index contributed by atoms with van der Waals surface area (Å²) in [4.78, 5) is 13.9. The van der Waals surface area contributed by atoms with Crippen LogP contribution in [0.2, 0.25) is 0 Å². The van der Waals surface area contributed by atoms with Gasteiger partial charge in [-0.25, -0.2) is 0 Å². The Balaban J connectivity index is 1.93. The summed E-state index contributed by atoms with van der Waals surface area (Å²) in [6, 6.07) is 8.24. The van der Waals surface area contributed by atoms with Crippen LogP contribution in [0.3, 0.4) is 0 Å². The first-order valence-electron chi connectivity index (χ1n) is 5.25. The minimum absolute atomic E-state index is 0.334. The summed E-state index contributed by atoms with van der Waals surface area (Å²) in [7, 11) is 0. The number of rotatable bonds is 1. The minimum atomic E-state index is 0.334. The largest absolute Gasteiger partial charge is 0.312 e. The summed E-state index contributed by atoms with van der Waals surface area (Å²) < 4.78 is 0. The minimum Gasteiger partial charge on any atom is -0.312 e. The van der Waals surface area contributed by atoms with Gasteiger partial charge in [0.2, 0.25) is 5.91 Å². The monoisotopic (exact) mass is 187 g/mol. The lowest BCUT2D eigenvalue weighted by Crippen LogP contribution is -2.30. The van der Waals surface area contributed by atoms with Gasteiger partial charge in [0, 0.05) is 18.2 Å². The summed E-state index contributed by atoms with van der Waals surface area (Å²) in [5.74, 6) is 0.677. The molecule has 0 aromatic heterocycles. The Morgan fingerprint density at radius 2 is 2.07 bits per heavy atom. The average Bonchev–Trinajstić information content (AvgIpc) is 2.97. The van der Waals surface area contributed by atoms with Crippen molar-refractivity contribution < 1.29 is 4.79 Å². The highest BCUT2D eigenvalue weighted by Crippen LogP contribution is 2.36. The Labute approximate surface area is 83.5 Å². The molecule has 0 bridgehead atoms. The first-order valence-corrected chi connectivity index (χ1v) is 5.25. The predicted octanol–water partition coefficient (Wildman–Crippen LogP) is 1.99. The van der Waals surface area contributed by atoms with Crippen LogP contribution in [0.15, 0.2) is 24.3 Å². The van der Waals surface area contributed by atoms with Gasteiger partial charge < -0.3 is 4.90 Å². The maximum absolute atomic E-state index is 11.9. The van der Waals surface area contributed by atoms with Crippen molar-refractivity contribution in [3.63, 3.8) is 0 Å². The topological polar surface area (TPSA) is 20.3 Å². The van der Waals surface area contributed by atoms with Crippen LogP contribution in [0.1, 0.15) is 18.4 Å². The summed E-state index contributed by atoms with van der Waals surface area (Å²) in [6.45, 7) is 0.884. The van der Waals surface area contributed by atoms with Crippen molar-refractivity contribution in [1.82, 2.24) is 0 Å². The van der Waals surface area contributed by atoms with Crippen molar-refractivity contribution >= 4 is 11.6 Å². The third kappa shape index (κ3) is 1.14. The molecule has 2 heteroatoms. The Morgan fingerprint density at radius 1 is 1.29 bits per heavy atom. The van der Waals surface area contributed by atoms with Gasteiger partial charge in [-0.3, -0.25) is 4.79 Å². The van der Waals surface area contributed by atoms with E-state index < -0.39 is 0 Å². The van der Waals surface area contributed by atoms with Gasteiger partial charge in [-0.2, -0.15) is 0 Å². The molecule has 1 aliphatic heterocycles. The zero-order valence-corrected chi connectivity index (χ0v) is 8.07. The fraction of sp³-hybridized carbons (Fsp3) is 0.417. The molecule has 2 aliphatic rings. The number of benzene rings is 1. The van der Waals surface area contributed by atoms with Gasteiger partial charge in [0.05, 0.1) is 0 Å². The van der Waals surface area contributed by atoms with Gasteiger partial charge in [-0.05, 0) is 30.9 Å². The highest BCUT2D eigenvalue weighted by molar-refractivity contribution is 5.98. The molecule has 1 saturated carbocycles. The summed E-state index contributed by atoms with van der Waals surface area (Å²) in [5.41, 5.74) is 2.46. The van der Waals surface area contributed by atoms with E-state index in [1.54, 1.807) is 0 Å². The van der Waals surface area contributed by atoms with Crippen LogP contribution < -0.4 is 4.90 Å². The van der Waals surface area contributed by atoms with Crippen LogP contribution in [-0.4, -0.2) is 12.5 Å². The van der Waals surface area contributed by atoms with Gasteiger partial charge in [0.15, 0.2) is 0 Å². The SMILES string of the molecule is O=C(C1CC1)N1CCc2ccccc21. The van der Waals surface area contributed by atoms with Gasteiger partial charge in [-0.15, -0.1) is 0 Å². The molecular weight excluding hydrogens is 174 g/mol. The molecule has 14 heavy (non-hydrogen) atoms. The Bertz CT molecular complexity index is 382. The molecule has 0 N–H and O–H groups in total. The fourth-order valence-electron chi connectivity index (χ4n) is 2.12. The predicted molar refractivity (Wildman–Crippen MR) is 55.2 cm³/mol. The Kier molecular flexibility index (Phi) is 1.63. The molecule has 1 aromatic carbocycles. The smallest absolute Gasteiger partial charge is 0.230 e. The van der Waals surface area contributed by atoms with Crippen molar-refractivity contribution in [3.8, 4) is 0 Å². The maximum Gasteiger partial charge on any atom is 0.230 e. The van der Waals surface area contributed by atoms with E-state index >= 15 is 0 Å². The van der Waals surface area contributed by atoms with Gasteiger partial charge >= 0.3 is 0 Å². The number of anilines is 1. The molecule has 2 nitrogen and oxygen atoms in total. The molecule has 1 heterocycles. The second kappa shape index (κ2) is 2.84. The number of nitrogens with zero attached hydrogens (tertiary/aromatic N) is 1. The summed E-state index contributed by atoms with van der Waals surface area (Å²) in [6.07, 6.45) is 3.21. The van der Waals surface area contributed by atoms with Gasteiger partial charge in [-0.1, -0.05) is 18.2 Å². The van der Waals surface area contributed by atoms with Crippen LogP contribution >= 0.6 is 0 Å². The molecule has 0 spiro atoms. The fourth-order valence-corrected chi connectivity index (χ4v) is 2.12. The number of carbonyl (C=O) groups is 1. The molecule has 0 unspecified atom stereocenters. The zero-order valence-electron chi connectivity index (χ0n) is 8.07. The van der Waals surface area contributed by atoms with Crippen LogP contribution in [0.4, 0.5) is 5.69 Å². The first-order chi connectivity index (χ1) is 6.86. The van der Waals surface area contributed by atoms with E-state index in [1.807, 2.05) is 17.0 Å². The Morgan fingerprint density at radius 3 is 2.86 bits per heavy atom. The Hall–Kier alpha value is -1.31. The molecule has 1 aromatic rings. The molecule has 0 radical (unpaired) electrons. The first kappa shape index (κ1) is 8.04. The average molecular weight is 187 g/mol. The van der Waals surface area contributed by atoms with Crippen LogP contribution in [-0.2, 0) is 11.2 Å². The molecule has 1 aliphatic carbocycles. The molecule has 1 amide bonds. The van der Waals surface area contributed by atoms with E-state index in [1.165, 1.54) is 5.56 Å². The molecule has 3 rings (SSSR count). The van der Waals surface area contributed by atoms with E-state index in [2.05, 4.69) is 12.1 Å². The third-order valence-corrected chi connectivity index (χ3v) is 3.08. The number of amides is 1. The van der Waals surface area contributed by atoms with Crippen LogP contribution in [0.5, 0.6) is 0 Å². The van der Waals surface area contributed by atoms with Gasteiger partial charge in [0.1, 0.15) is 0 Å². The molecule has 1 fully saturated rings. The molecule has 0 atom stereocenters. The second-order valence-electron chi connectivity index (χ2n) is 4.14. The number of fused-ring (bicyclic) bond motifs is 1. The molecule has 0 saturated heterocycles. The lowest BCUT2D eigenvalue weighted by molar-refractivity contribution is -0.119. The van der Waals surface area contributed by atoms with Gasteiger partial charge in [0.25, 0.3) is 0 Å². The number of carbonyl (C=O) groups excluding carboxylic acids is 1. The zero-order chi connectivity index (χ0) is 9.54. The van der Waals surface area contributed by atoms with Crippen LogP contribution in [0.25, 0.3) is 0 Å². The normalized spacial score (nSPS) is 19.6. The lowest BCUT2D eigenvalue weighted by atomic mass is 10.2. The van der Waals surface area contributed by atoms with Crippen molar-refractivity contribution in [2.75, 3.05) is 11.4 Å². The maximum atomic E-state index is 11.9. The van der Waals surface area contributed by atoms with E-state index in [-0.39, 0.29) is 0 Å². The van der Waals surface area contributed by atoms with Crippen molar-refractivity contribution in [3.05, 3.63) is 29.8 Å². The highest BCUT2D eigenvalue weighted by Gasteiger charge is 2.36. The van der Waals surface area contributed by atoms with Crippen molar-refractivity contribution in [2.45, 2.75) is 19.3 Å². The quantitative estimate of drug-likeness (QED) is 0.658. The van der Waals surface area contributed by atoms with E-state index in [0.29, 0.717) is 11.8 Å². The van der Waals surface area contributed by atoms with Crippen molar-refractivity contribution in [2.24, 2.45) is 5.92 Å². The molecule has 72 valence electrons. The van der Waals surface area contributed by atoms with E-state index in [4.69, 9.17) is 0 Å². The second-order valence-corrected chi connectivity index (χ2v) is 4.14. The summed E-state index contributed by atoms with van der Waals surface area (Å²) in [5, 5.41) is 0. The number of para-hydroxylation sites is 1. The highest BCUT2D eigenvalue weighted by atomic mass is 16.2. The van der Waals surface area contributed by atoms with Crippen LogP contribution in [0, 0.1) is 5.92 Å². The van der Waals surface area contributed by atoms with E-state index in [9.17, 15) is 4.79 Å². The standard InChI is InChI=1S/C12H13NO/c14-12(10-5-6-10)13-8-7-9-3-1-2-4-11(9)13/h1-4,10H,5-8H2. The molecular formula is C12H13NO. The third-order valence-electron chi connectivity index (χ3n) is 3.08.